The van der Waals surface area contributed by atoms with E-state index in [0.29, 0.717) is 11.5 Å². The fourth-order valence-electron chi connectivity index (χ4n) is 0.856. The minimum atomic E-state index is -0.0331. The molecule has 1 heterocycles. The van der Waals surface area contributed by atoms with E-state index in [1.165, 1.54) is 6.08 Å². The molecule has 0 atom stereocenters. The van der Waals surface area contributed by atoms with Gasteiger partial charge in [0.15, 0.2) is 0 Å². The van der Waals surface area contributed by atoms with Crippen LogP contribution in [-0.4, -0.2) is 22.2 Å². The average Bonchev–Trinajstić information content (AvgIpc) is 1.96. The average molecular weight is 166 g/mol. The lowest BCUT2D eigenvalue weighted by atomic mass is 10.3. The Bertz CT molecular complexity index is 290. The highest BCUT2D eigenvalue weighted by molar-refractivity contribution is 5.94. The monoisotopic (exact) mass is 166 g/mol. The highest BCUT2D eigenvalue weighted by atomic mass is 16.3. The van der Waals surface area contributed by atoms with Gasteiger partial charge in [-0.2, -0.15) is 10.1 Å². The molecule has 0 saturated heterocycles. The summed E-state index contributed by atoms with van der Waals surface area (Å²) >= 11 is 0. The molecule has 64 valence electrons. The number of hydrazone groups is 1. The minimum absolute atomic E-state index is 0.0331. The molecule has 0 bridgehead atoms. The van der Waals surface area contributed by atoms with Crippen LogP contribution >= 0.6 is 0 Å². The van der Waals surface area contributed by atoms with Gasteiger partial charge in [0.25, 0.3) is 0 Å². The van der Waals surface area contributed by atoms with Gasteiger partial charge in [0.1, 0.15) is 12.2 Å². The Balaban J connectivity index is 2.94. The van der Waals surface area contributed by atoms with Gasteiger partial charge in [0, 0.05) is 11.8 Å². The summed E-state index contributed by atoms with van der Waals surface area (Å²) in [5.74, 6) is 0.309. The zero-order valence-corrected chi connectivity index (χ0v) is 6.73. The van der Waals surface area contributed by atoms with Gasteiger partial charge < -0.3 is 10.8 Å². The van der Waals surface area contributed by atoms with Crippen LogP contribution in [0.5, 0.6) is 0 Å². The second kappa shape index (κ2) is 3.08. The van der Waals surface area contributed by atoms with Gasteiger partial charge in [-0.15, -0.1) is 0 Å². The summed E-state index contributed by atoms with van der Waals surface area (Å²) in [6.07, 6.45) is 2.53. The maximum atomic E-state index is 9.32. The van der Waals surface area contributed by atoms with Crippen LogP contribution in [0, 0.1) is 0 Å². The zero-order valence-electron chi connectivity index (χ0n) is 6.73. The summed E-state index contributed by atoms with van der Waals surface area (Å²) in [5.41, 5.74) is 5.74. The van der Waals surface area contributed by atoms with Crippen LogP contribution in [-0.2, 0) is 0 Å². The molecule has 1 aliphatic heterocycles. The summed E-state index contributed by atoms with van der Waals surface area (Å²) in [4.78, 5) is 3.98. The van der Waals surface area contributed by atoms with Crippen LogP contribution in [0.25, 0.3) is 0 Å². The number of aliphatic hydroxyl groups excluding tert-OH is 1. The summed E-state index contributed by atoms with van der Waals surface area (Å²) < 4.78 is 0. The Morgan fingerprint density at radius 3 is 3.00 bits per heavy atom. The first-order valence-electron chi connectivity index (χ1n) is 3.34. The van der Waals surface area contributed by atoms with Gasteiger partial charge in [-0.05, 0) is 6.92 Å². The molecule has 0 aromatic carbocycles. The van der Waals surface area contributed by atoms with Crippen LogP contribution in [0.3, 0.4) is 0 Å². The molecule has 0 spiro atoms. The van der Waals surface area contributed by atoms with E-state index in [1.807, 2.05) is 0 Å². The van der Waals surface area contributed by atoms with Crippen LogP contribution in [0.2, 0.25) is 0 Å². The van der Waals surface area contributed by atoms with E-state index in [-0.39, 0.29) is 5.88 Å². The highest BCUT2D eigenvalue weighted by Gasteiger charge is 2.14. The number of nitrogens with two attached hydrogens (primary N) is 1. The smallest absolute Gasteiger partial charge is 0.215 e. The van der Waals surface area contributed by atoms with Gasteiger partial charge in [-0.1, -0.05) is 6.58 Å². The van der Waals surface area contributed by atoms with Gasteiger partial charge >= 0.3 is 0 Å². The lowest BCUT2D eigenvalue weighted by molar-refractivity contribution is 0.244. The summed E-state index contributed by atoms with van der Waals surface area (Å²) in [5, 5.41) is 14.1. The molecule has 0 aliphatic carbocycles. The molecule has 1 aliphatic rings. The Morgan fingerprint density at radius 2 is 2.50 bits per heavy atom. The predicted octanol–water partition coefficient (Wildman–Crippen LogP) is 0.536. The van der Waals surface area contributed by atoms with E-state index in [1.54, 1.807) is 6.92 Å². The normalized spacial score (nSPS) is 18.1. The molecular formula is C7H10N4O. The molecule has 0 fully saturated rings. The molecule has 0 radical (unpaired) electrons. The predicted molar refractivity (Wildman–Crippen MR) is 47.5 cm³/mol. The first-order chi connectivity index (χ1) is 5.65. The molecule has 0 amide bonds. The third-order valence-corrected chi connectivity index (χ3v) is 1.29. The van der Waals surface area contributed by atoms with Crippen molar-refractivity contribution in [2.24, 2.45) is 15.8 Å². The molecule has 0 saturated carbocycles. The molecule has 0 unspecified atom stereocenters. The largest absolute Gasteiger partial charge is 0.493 e. The lowest BCUT2D eigenvalue weighted by Crippen LogP contribution is -2.20. The second-order valence-electron chi connectivity index (χ2n) is 2.25. The molecule has 1 rings (SSSR count). The van der Waals surface area contributed by atoms with Crippen LogP contribution < -0.4 is 5.73 Å². The standard InChI is InChI=1S/C7H10N4O/c1-5-3-7(12)11(9-4-8)6(2)10-5/h3-4,12H,2H2,1H3,(H2,8,9). The highest BCUT2D eigenvalue weighted by Crippen LogP contribution is 2.15. The molecule has 0 aromatic rings. The van der Waals surface area contributed by atoms with Gasteiger partial charge in [0.2, 0.25) is 5.88 Å². The van der Waals surface area contributed by atoms with Crippen molar-refractivity contribution in [1.29, 1.82) is 0 Å². The lowest BCUT2D eigenvalue weighted by Gasteiger charge is -2.19. The molecule has 12 heavy (non-hydrogen) atoms. The second-order valence-corrected chi connectivity index (χ2v) is 2.25. The Hall–Kier alpha value is -1.78. The van der Waals surface area contributed by atoms with Crippen molar-refractivity contribution in [2.75, 3.05) is 0 Å². The third-order valence-electron chi connectivity index (χ3n) is 1.29. The van der Waals surface area contributed by atoms with Crippen molar-refractivity contribution in [2.45, 2.75) is 6.92 Å². The maximum Gasteiger partial charge on any atom is 0.215 e. The van der Waals surface area contributed by atoms with Crippen molar-refractivity contribution in [3.63, 3.8) is 0 Å². The number of allylic oxidation sites excluding steroid dienone is 1. The van der Waals surface area contributed by atoms with Crippen molar-refractivity contribution in [3.05, 3.63) is 24.4 Å². The number of hydrogen-bond acceptors (Lipinski definition) is 4. The molecule has 5 heteroatoms. The van der Waals surface area contributed by atoms with E-state index in [0.717, 1.165) is 11.3 Å². The third kappa shape index (κ3) is 1.45. The Morgan fingerprint density at radius 1 is 1.83 bits per heavy atom. The zero-order chi connectivity index (χ0) is 9.14. The van der Waals surface area contributed by atoms with Crippen molar-refractivity contribution < 1.29 is 5.11 Å². The number of aliphatic hydroxyl groups is 1. The van der Waals surface area contributed by atoms with Crippen molar-refractivity contribution >= 4 is 12.1 Å². The summed E-state index contributed by atoms with van der Waals surface area (Å²) in [7, 11) is 0. The molecular weight excluding hydrogens is 156 g/mol. The SMILES string of the molecule is C=C1N=C(C)C=C(O)N1/N=C\N. The topological polar surface area (TPSA) is 74.2 Å². The summed E-state index contributed by atoms with van der Waals surface area (Å²) in [6.45, 7) is 5.34. The fourth-order valence-corrected chi connectivity index (χ4v) is 0.856. The first kappa shape index (κ1) is 8.32. The molecule has 3 N–H and O–H groups in total. The molecule has 5 nitrogen and oxygen atoms in total. The maximum absolute atomic E-state index is 9.32. The van der Waals surface area contributed by atoms with Crippen LogP contribution in [0.4, 0.5) is 0 Å². The number of rotatable bonds is 1. The Kier molecular flexibility index (Phi) is 2.14. The van der Waals surface area contributed by atoms with E-state index in [2.05, 4.69) is 16.7 Å². The minimum Gasteiger partial charge on any atom is -0.493 e. The summed E-state index contributed by atoms with van der Waals surface area (Å²) in [6, 6.07) is 0. The number of nitrogens with zero attached hydrogens (tertiary/aromatic N) is 3. The van der Waals surface area contributed by atoms with E-state index < -0.39 is 0 Å². The van der Waals surface area contributed by atoms with Crippen molar-refractivity contribution in [3.8, 4) is 0 Å². The van der Waals surface area contributed by atoms with E-state index in [4.69, 9.17) is 5.73 Å². The Labute approximate surface area is 70.2 Å². The van der Waals surface area contributed by atoms with Crippen LogP contribution in [0.1, 0.15) is 6.92 Å². The van der Waals surface area contributed by atoms with Gasteiger partial charge in [0.05, 0.1) is 0 Å². The van der Waals surface area contributed by atoms with Crippen LogP contribution in [0.15, 0.2) is 34.5 Å². The molecule has 0 aromatic heterocycles. The quantitative estimate of drug-likeness (QED) is 0.441. The van der Waals surface area contributed by atoms with E-state index in [9.17, 15) is 5.11 Å². The first-order valence-corrected chi connectivity index (χ1v) is 3.34. The number of aliphatic imine (C=N–C) groups is 1. The van der Waals surface area contributed by atoms with E-state index >= 15 is 0 Å². The van der Waals surface area contributed by atoms with Gasteiger partial charge in [-0.3, -0.25) is 0 Å². The fraction of sp³-hybridized carbons (Fsp3) is 0.143. The number of hydrogen-bond donors (Lipinski definition) is 2. The van der Waals surface area contributed by atoms with Crippen molar-refractivity contribution in [1.82, 2.24) is 5.01 Å². The van der Waals surface area contributed by atoms with Gasteiger partial charge in [-0.25, -0.2) is 4.99 Å².